The van der Waals surface area contributed by atoms with Crippen molar-refractivity contribution < 1.29 is 22.7 Å². The summed E-state index contributed by atoms with van der Waals surface area (Å²) in [4.78, 5) is 15.3. The van der Waals surface area contributed by atoms with Gasteiger partial charge in [-0.3, -0.25) is 9.69 Å². The molecule has 2 heterocycles. The van der Waals surface area contributed by atoms with Crippen LogP contribution in [0.1, 0.15) is 37.3 Å². The Hall–Kier alpha value is -2.46. The SMILES string of the molecule is COc1ccc(C2CCCCCN2CC(=O)Nc2ccc(S(=O)(=O)N3CCOCC3)cc2)cc1. The number of methoxy groups -OCH3 is 1. The number of benzene rings is 2. The van der Waals surface area contributed by atoms with E-state index in [9.17, 15) is 13.2 Å². The lowest BCUT2D eigenvalue weighted by atomic mass is 10.0. The molecule has 34 heavy (non-hydrogen) atoms. The minimum atomic E-state index is -3.55. The lowest BCUT2D eigenvalue weighted by molar-refractivity contribution is -0.117. The number of carbonyl (C=O) groups is 1. The van der Waals surface area contributed by atoms with Crippen LogP contribution in [0.3, 0.4) is 0 Å². The topological polar surface area (TPSA) is 88.2 Å². The third kappa shape index (κ3) is 5.96. The van der Waals surface area contributed by atoms with Crippen LogP contribution in [0.15, 0.2) is 53.4 Å². The molecule has 8 nitrogen and oxygen atoms in total. The average molecular weight is 488 g/mol. The third-order valence-electron chi connectivity index (χ3n) is 6.46. The number of nitrogens with one attached hydrogen (secondary N) is 1. The van der Waals surface area contributed by atoms with Crippen molar-refractivity contribution in [2.24, 2.45) is 0 Å². The van der Waals surface area contributed by atoms with Gasteiger partial charge in [0.05, 0.1) is 31.8 Å². The first kappa shape index (κ1) is 24.7. The second-order valence-corrected chi connectivity index (χ2v) is 10.6. The third-order valence-corrected chi connectivity index (χ3v) is 8.37. The van der Waals surface area contributed by atoms with Crippen LogP contribution in [-0.4, -0.2) is 70.0 Å². The summed E-state index contributed by atoms with van der Waals surface area (Å²) in [7, 11) is -1.90. The molecule has 2 fully saturated rings. The van der Waals surface area contributed by atoms with Crippen molar-refractivity contribution in [3.63, 3.8) is 0 Å². The summed E-state index contributed by atoms with van der Waals surface area (Å²) in [6, 6.07) is 14.7. The van der Waals surface area contributed by atoms with Gasteiger partial charge in [0.25, 0.3) is 0 Å². The molecule has 4 rings (SSSR count). The number of anilines is 1. The Morgan fingerprint density at radius 1 is 1.00 bits per heavy atom. The van der Waals surface area contributed by atoms with Gasteiger partial charge in [0, 0.05) is 24.8 Å². The molecule has 2 aliphatic heterocycles. The monoisotopic (exact) mass is 487 g/mol. The summed E-state index contributed by atoms with van der Waals surface area (Å²) in [6.45, 7) is 2.66. The normalized spacial score (nSPS) is 20.4. The maximum atomic E-state index is 12.9. The van der Waals surface area contributed by atoms with Gasteiger partial charge in [-0.25, -0.2) is 8.42 Å². The van der Waals surface area contributed by atoms with Crippen LogP contribution in [0.25, 0.3) is 0 Å². The number of ether oxygens (including phenoxy) is 2. The van der Waals surface area contributed by atoms with Gasteiger partial charge in [0.1, 0.15) is 5.75 Å². The van der Waals surface area contributed by atoms with Crippen molar-refractivity contribution in [3.05, 3.63) is 54.1 Å². The van der Waals surface area contributed by atoms with Crippen molar-refractivity contribution >= 4 is 21.6 Å². The van der Waals surface area contributed by atoms with Crippen LogP contribution in [0.4, 0.5) is 5.69 Å². The number of carbonyl (C=O) groups excluding carboxylic acids is 1. The number of morpholine rings is 1. The highest BCUT2D eigenvalue weighted by molar-refractivity contribution is 7.89. The summed E-state index contributed by atoms with van der Waals surface area (Å²) in [5, 5.41) is 2.93. The zero-order valence-corrected chi connectivity index (χ0v) is 20.4. The molecule has 184 valence electrons. The van der Waals surface area contributed by atoms with E-state index in [1.165, 1.54) is 9.87 Å². The smallest absolute Gasteiger partial charge is 0.243 e. The van der Waals surface area contributed by atoms with Gasteiger partial charge in [-0.1, -0.05) is 25.0 Å². The van der Waals surface area contributed by atoms with E-state index in [-0.39, 0.29) is 23.4 Å². The molecule has 0 saturated carbocycles. The number of sulfonamides is 1. The van der Waals surface area contributed by atoms with Crippen LogP contribution in [0, 0.1) is 0 Å². The van der Waals surface area contributed by atoms with Crippen LogP contribution in [-0.2, 0) is 19.6 Å². The fourth-order valence-corrected chi connectivity index (χ4v) is 6.00. The first-order chi connectivity index (χ1) is 16.5. The number of rotatable bonds is 7. The highest BCUT2D eigenvalue weighted by Crippen LogP contribution is 2.31. The quantitative estimate of drug-likeness (QED) is 0.645. The molecule has 9 heteroatoms. The summed E-state index contributed by atoms with van der Waals surface area (Å²) in [5.74, 6) is 0.713. The molecule has 0 aliphatic carbocycles. The maximum absolute atomic E-state index is 12.9. The molecule has 2 aliphatic rings. The molecule has 2 aromatic carbocycles. The minimum Gasteiger partial charge on any atom is -0.497 e. The molecule has 1 atom stereocenters. The molecule has 0 bridgehead atoms. The van der Waals surface area contributed by atoms with Crippen molar-refractivity contribution in [3.8, 4) is 5.75 Å². The predicted octanol–water partition coefficient (Wildman–Crippen LogP) is 3.27. The molecule has 1 N–H and O–H groups in total. The van der Waals surface area contributed by atoms with E-state index >= 15 is 0 Å². The molecule has 1 amide bonds. The molecule has 0 aromatic heterocycles. The molecular weight excluding hydrogens is 454 g/mol. The zero-order chi connectivity index (χ0) is 24.0. The summed E-state index contributed by atoms with van der Waals surface area (Å²) < 4.78 is 37.6. The van der Waals surface area contributed by atoms with Crippen LogP contribution >= 0.6 is 0 Å². The molecular formula is C25H33N3O5S. The zero-order valence-electron chi connectivity index (χ0n) is 19.6. The fourth-order valence-electron chi connectivity index (χ4n) is 4.59. The van der Waals surface area contributed by atoms with Crippen molar-refractivity contribution in [1.29, 1.82) is 0 Å². The Kier molecular flexibility index (Phi) is 8.20. The molecule has 0 radical (unpaired) electrons. The average Bonchev–Trinajstić information content (AvgIpc) is 3.10. The first-order valence-electron chi connectivity index (χ1n) is 11.8. The molecule has 1 unspecified atom stereocenters. The van der Waals surface area contributed by atoms with E-state index in [1.54, 1.807) is 31.4 Å². The van der Waals surface area contributed by atoms with Gasteiger partial charge >= 0.3 is 0 Å². The second kappa shape index (κ2) is 11.3. The molecule has 2 saturated heterocycles. The Bertz CT molecular complexity index is 1050. The number of amides is 1. The van der Waals surface area contributed by atoms with E-state index in [0.29, 0.717) is 32.0 Å². The largest absolute Gasteiger partial charge is 0.497 e. The Balaban J connectivity index is 1.40. The summed E-state index contributed by atoms with van der Waals surface area (Å²) in [5.41, 5.74) is 1.77. The van der Waals surface area contributed by atoms with Crippen molar-refractivity contribution in [1.82, 2.24) is 9.21 Å². The highest BCUT2D eigenvalue weighted by Gasteiger charge is 2.27. The summed E-state index contributed by atoms with van der Waals surface area (Å²) >= 11 is 0. The Morgan fingerprint density at radius 2 is 1.71 bits per heavy atom. The van der Waals surface area contributed by atoms with Gasteiger partial charge in [0.2, 0.25) is 15.9 Å². The first-order valence-corrected chi connectivity index (χ1v) is 13.3. The predicted molar refractivity (Wildman–Crippen MR) is 130 cm³/mol. The Morgan fingerprint density at radius 3 is 2.38 bits per heavy atom. The lowest BCUT2D eigenvalue weighted by Gasteiger charge is -2.30. The fraction of sp³-hybridized carbons (Fsp3) is 0.480. The minimum absolute atomic E-state index is 0.107. The van der Waals surface area contributed by atoms with Crippen molar-refractivity contribution in [2.45, 2.75) is 36.6 Å². The maximum Gasteiger partial charge on any atom is 0.243 e. The van der Waals surface area contributed by atoms with Crippen LogP contribution in [0.2, 0.25) is 0 Å². The van der Waals surface area contributed by atoms with Gasteiger partial charge in [-0.05, 0) is 61.3 Å². The number of likely N-dealkylation sites (tertiary alicyclic amines) is 1. The van der Waals surface area contributed by atoms with E-state index in [4.69, 9.17) is 9.47 Å². The second-order valence-electron chi connectivity index (χ2n) is 8.70. The standard InChI is InChI=1S/C25H33N3O5S/c1-32-22-10-6-20(7-11-22)24-5-3-2-4-14-27(24)19-25(29)26-21-8-12-23(13-9-21)34(30,31)28-15-17-33-18-16-28/h6-13,24H,2-5,14-19H2,1H3,(H,26,29). The number of hydrogen-bond donors (Lipinski definition) is 1. The Labute approximate surface area is 201 Å². The van der Waals surface area contributed by atoms with Crippen LogP contribution in [0.5, 0.6) is 5.75 Å². The van der Waals surface area contributed by atoms with E-state index < -0.39 is 10.0 Å². The van der Waals surface area contributed by atoms with Gasteiger partial charge in [-0.2, -0.15) is 4.31 Å². The lowest BCUT2D eigenvalue weighted by Crippen LogP contribution is -2.40. The van der Waals surface area contributed by atoms with E-state index in [0.717, 1.165) is 38.0 Å². The van der Waals surface area contributed by atoms with E-state index in [1.807, 2.05) is 12.1 Å². The van der Waals surface area contributed by atoms with Gasteiger partial charge in [0.15, 0.2) is 0 Å². The van der Waals surface area contributed by atoms with Gasteiger partial charge in [-0.15, -0.1) is 0 Å². The van der Waals surface area contributed by atoms with E-state index in [2.05, 4.69) is 22.3 Å². The molecule has 2 aromatic rings. The van der Waals surface area contributed by atoms with Crippen LogP contribution < -0.4 is 10.1 Å². The highest BCUT2D eigenvalue weighted by atomic mass is 32.2. The molecule has 0 spiro atoms. The number of nitrogens with zero attached hydrogens (tertiary/aromatic N) is 2. The summed E-state index contributed by atoms with van der Waals surface area (Å²) in [6.07, 6.45) is 4.36. The van der Waals surface area contributed by atoms with Crippen molar-refractivity contribution in [2.75, 3.05) is 51.8 Å². The number of hydrogen-bond acceptors (Lipinski definition) is 6. The van der Waals surface area contributed by atoms with Gasteiger partial charge < -0.3 is 14.8 Å².